The van der Waals surface area contributed by atoms with E-state index in [2.05, 4.69) is 4.98 Å². The van der Waals surface area contributed by atoms with Crippen molar-refractivity contribution in [3.8, 4) is 23.1 Å². The van der Waals surface area contributed by atoms with Crippen LogP contribution in [-0.4, -0.2) is 36.2 Å². The number of aromatic nitrogens is 1. The van der Waals surface area contributed by atoms with E-state index in [1.165, 1.54) is 6.92 Å². The number of methoxy groups -OCH3 is 1. The van der Waals surface area contributed by atoms with Gasteiger partial charge in [-0.15, -0.1) is 0 Å². The van der Waals surface area contributed by atoms with Gasteiger partial charge in [0.25, 0.3) is 5.89 Å². The highest BCUT2D eigenvalue weighted by Crippen LogP contribution is 2.30. The van der Waals surface area contributed by atoms with Crippen LogP contribution in [0.5, 0.6) is 11.5 Å². The highest BCUT2D eigenvalue weighted by molar-refractivity contribution is 5.78. The molecule has 0 bridgehead atoms. The van der Waals surface area contributed by atoms with Crippen molar-refractivity contribution in [1.29, 1.82) is 0 Å². The number of oxazole rings is 1. The zero-order valence-electron chi connectivity index (χ0n) is 20.7. The third-order valence-corrected chi connectivity index (χ3v) is 5.07. The van der Waals surface area contributed by atoms with Crippen LogP contribution in [0, 0.1) is 6.92 Å². The van der Waals surface area contributed by atoms with Crippen LogP contribution in [0.4, 0.5) is 0 Å². The van der Waals surface area contributed by atoms with E-state index in [1.807, 2.05) is 25.1 Å². The van der Waals surface area contributed by atoms with Gasteiger partial charge in [-0.3, -0.25) is 4.79 Å². The lowest BCUT2D eigenvalue weighted by molar-refractivity contribution is -0.169. The Kier molecular flexibility index (Phi) is 8.94. The van der Waals surface area contributed by atoms with Crippen LogP contribution in [-0.2, 0) is 32.1 Å². The molecule has 35 heavy (non-hydrogen) atoms. The molecule has 2 aromatic heterocycles. The van der Waals surface area contributed by atoms with Crippen molar-refractivity contribution >= 4 is 11.9 Å². The molecule has 0 saturated carbocycles. The topological polar surface area (TPSA) is 110 Å². The highest BCUT2D eigenvalue weighted by atomic mass is 16.6. The molecule has 0 aliphatic carbocycles. The van der Waals surface area contributed by atoms with E-state index >= 15 is 0 Å². The van der Waals surface area contributed by atoms with Gasteiger partial charge in [-0.1, -0.05) is 6.07 Å². The summed E-state index contributed by atoms with van der Waals surface area (Å²) in [5, 5.41) is 0. The first-order valence-corrected chi connectivity index (χ1v) is 11.4. The van der Waals surface area contributed by atoms with Crippen LogP contribution < -0.4 is 9.47 Å². The molecule has 1 atom stereocenters. The number of furan rings is 1. The number of benzene rings is 1. The quantitative estimate of drug-likeness (QED) is 0.326. The number of hydrogen-bond donors (Lipinski definition) is 0. The van der Waals surface area contributed by atoms with Gasteiger partial charge in [-0.05, 0) is 69.9 Å². The van der Waals surface area contributed by atoms with Gasteiger partial charge >= 0.3 is 11.9 Å². The Labute approximate surface area is 204 Å². The molecule has 0 saturated heterocycles. The third-order valence-electron chi connectivity index (χ3n) is 5.07. The minimum absolute atomic E-state index is 0.202. The van der Waals surface area contributed by atoms with E-state index in [9.17, 15) is 9.59 Å². The predicted molar refractivity (Wildman–Crippen MR) is 126 cm³/mol. The summed E-state index contributed by atoms with van der Waals surface area (Å²) in [4.78, 5) is 28.0. The SMILES string of the molecule is COc1cc(CCC[C@@H](OC(C)=O)C(=O)OC(C)C)ccc1OCc1nc(-c2ccco2)oc1C. The molecule has 9 heteroatoms. The van der Waals surface area contributed by atoms with Crippen LogP contribution in [0.25, 0.3) is 11.7 Å². The number of carbonyl (C=O) groups is 2. The molecule has 2 heterocycles. The van der Waals surface area contributed by atoms with Crippen molar-refractivity contribution in [2.45, 2.75) is 65.8 Å². The lowest BCUT2D eigenvalue weighted by atomic mass is 10.1. The van der Waals surface area contributed by atoms with Gasteiger partial charge in [0.2, 0.25) is 0 Å². The fourth-order valence-corrected chi connectivity index (χ4v) is 3.43. The van der Waals surface area contributed by atoms with Crippen molar-refractivity contribution in [3.05, 3.63) is 53.6 Å². The molecular weight excluding hydrogens is 454 g/mol. The molecular formula is C26H31NO8. The average Bonchev–Trinajstić information content (AvgIpc) is 3.46. The fourth-order valence-electron chi connectivity index (χ4n) is 3.43. The standard InChI is InChI=1S/C26H31NO8/c1-16(2)33-26(29)23(35-18(4)28)9-6-8-19-11-12-21(24(14-19)30-5)32-15-20-17(3)34-25(27-20)22-10-7-13-31-22/h7,10-14,16,23H,6,8-9,15H2,1-5H3/t23-/m1/s1. The molecule has 0 unspecified atom stereocenters. The zero-order chi connectivity index (χ0) is 25.4. The zero-order valence-corrected chi connectivity index (χ0v) is 20.7. The normalized spacial score (nSPS) is 11.8. The van der Waals surface area contributed by atoms with E-state index in [4.69, 9.17) is 27.8 Å². The molecule has 3 aromatic rings. The minimum Gasteiger partial charge on any atom is -0.493 e. The predicted octanol–water partition coefficient (Wildman–Crippen LogP) is 5.04. The summed E-state index contributed by atoms with van der Waals surface area (Å²) in [6.45, 7) is 6.80. The van der Waals surface area contributed by atoms with E-state index in [0.29, 0.717) is 53.9 Å². The van der Waals surface area contributed by atoms with Gasteiger partial charge in [0.15, 0.2) is 23.4 Å². The number of ether oxygens (including phenoxy) is 4. The molecule has 188 valence electrons. The number of nitrogens with zero attached hydrogens (tertiary/aromatic N) is 1. The van der Waals surface area contributed by atoms with Gasteiger partial charge < -0.3 is 27.8 Å². The van der Waals surface area contributed by atoms with E-state index < -0.39 is 18.0 Å². The summed E-state index contributed by atoms with van der Waals surface area (Å²) < 4.78 is 32.8. The Morgan fingerprint density at radius 1 is 1.11 bits per heavy atom. The Hall–Kier alpha value is -3.75. The molecule has 0 aliphatic rings. The van der Waals surface area contributed by atoms with Crippen molar-refractivity contribution < 1.29 is 37.4 Å². The first kappa shape index (κ1) is 25.9. The van der Waals surface area contributed by atoms with Gasteiger partial charge in [-0.2, -0.15) is 0 Å². The van der Waals surface area contributed by atoms with Crippen molar-refractivity contribution in [2.75, 3.05) is 7.11 Å². The minimum atomic E-state index is -0.920. The monoisotopic (exact) mass is 485 g/mol. The molecule has 0 spiro atoms. The second-order valence-electron chi connectivity index (χ2n) is 8.25. The Morgan fingerprint density at radius 3 is 2.57 bits per heavy atom. The smallest absolute Gasteiger partial charge is 0.347 e. The molecule has 0 amide bonds. The Balaban J connectivity index is 1.59. The van der Waals surface area contributed by atoms with E-state index in [0.717, 1.165) is 5.56 Å². The lowest BCUT2D eigenvalue weighted by Crippen LogP contribution is -2.30. The molecule has 9 nitrogen and oxygen atoms in total. The summed E-state index contributed by atoms with van der Waals surface area (Å²) >= 11 is 0. The molecule has 1 aromatic carbocycles. The number of esters is 2. The van der Waals surface area contributed by atoms with Gasteiger partial charge in [0.1, 0.15) is 18.1 Å². The molecule has 3 rings (SSSR count). The largest absolute Gasteiger partial charge is 0.493 e. The summed E-state index contributed by atoms with van der Waals surface area (Å²) in [5.41, 5.74) is 1.65. The van der Waals surface area contributed by atoms with Crippen LogP contribution in [0.1, 0.15) is 50.6 Å². The first-order chi connectivity index (χ1) is 16.8. The summed E-state index contributed by atoms with van der Waals surface area (Å²) in [7, 11) is 1.57. The highest BCUT2D eigenvalue weighted by Gasteiger charge is 2.24. The van der Waals surface area contributed by atoms with Gasteiger partial charge in [0, 0.05) is 6.92 Å². The maximum Gasteiger partial charge on any atom is 0.347 e. The van der Waals surface area contributed by atoms with Crippen molar-refractivity contribution in [1.82, 2.24) is 4.98 Å². The number of carbonyl (C=O) groups excluding carboxylic acids is 2. The number of rotatable bonds is 12. The summed E-state index contributed by atoms with van der Waals surface area (Å²) in [6.07, 6.45) is 1.98. The van der Waals surface area contributed by atoms with Crippen LogP contribution in [0.2, 0.25) is 0 Å². The van der Waals surface area contributed by atoms with Gasteiger partial charge in [-0.25, -0.2) is 9.78 Å². The third kappa shape index (κ3) is 7.37. The summed E-state index contributed by atoms with van der Waals surface area (Å²) in [5.74, 6) is 1.69. The molecule has 0 N–H and O–H groups in total. The fraction of sp³-hybridized carbons (Fsp3) is 0.423. The second kappa shape index (κ2) is 12.1. The molecule has 0 fully saturated rings. The molecule has 0 aliphatic heterocycles. The van der Waals surface area contributed by atoms with E-state index in [1.54, 1.807) is 39.4 Å². The lowest BCUT2D eigenvalue weighted by Gasteiger charge is -2.17. The second-order valence-corrected chi connectivity index (χ2v) is 8.25. The first-order valence-electron chi connectivity index (χ1n) is 11.4. The Bertz CT molecular complexity index is 1120. The Morgan fingerprint density at radius 2 is 1.91 bits per heavy atom. The van der Waals surface area contributed by atoms with Crippen LogP contribution in [0.15, 0.2) is 45.4 Å². The van der Waals surface area contributed by atoms with Crippen molar-refractivity contribution in [3.63, 3.8) is 0 Å². The van der Waals surface area contributed by atoms with Gasteiger partial charge in [0.05, 0.1) is 19.5 Å². The van der Waals surface area contributed by atoms with Crippen molar-refractivity contribution in [2.24, 2.45) is 0 Å². The van der Waals surface area contributed by atoms with Crippen LogP contribution in [0.3, 0.4) is 0 Å². The average molecular weight is 486 g/mol. The summed E-state index contributed by atoms with van der Waals surface area (Å²) in [6, 6.07) is 9.18. The molecule has 0 radical (unpaired) electrons. The number of aryl methyl sites for hydroxylation is 2. The van der Waals surface area contributed by atoms with Crippen LogP contribution >= 0.6 is 0 Å². The number of hydrogen-bond acceptors (Lipinski definition) is 9. The maximum absolute atomic E-state index is 12.2. The van der Waals surface area contributed by atoms with E-state index in [-0.39, 0.29) is 12.7 Å². The maximum atomic E-state index is 12.2.